The van der Waals surface area contributed by atoms with Gasteiger partial charge in [-0.15, -0.1) is 0 Å². The van der Waals surface area contributed by atoms with Crippen molar-refractivity contribution in [2.45, 2.75) is 26.0 Å². The molecule has 2 aromatic carbocycles. The number of aliphatic hydroxyl groups is 1. The molecule has 4 nitrogen and oxygen atoms in total. The number of para-hydroxylation sites is 3. The molecule has 0 spiro atoms. The van der Waals surface area contributed by atoms with Crippen molar-refractivity contribution in [3.8, 4) is 5.75 Å². The van der Waals surface area contributed by atoms with Crippen LogP contribution in [0.25, 0.3) is 11.0 Å². The van der Waals surface area contributed by atoms with Gasteiger partial charge >= 0.3 is 0 Å². The standard InChI is InChI=1S/C18H20N2O2/c1-18(2,21)17-19-15-10-6-7-11-16(15)20(17)12-13-22-14-8-4-3-5-9-14/h3-11,21H,12-13H2,1-2H3. The summed E-state index contributed by atoms with van der Waals surface area (Å²) in [6, 6.07) is 17.6. The van der Waals surface area contributed by atoms with E-state index in [1.165, 1.54) is 0 Å². The summed E-state index contributed by atoms with van der Waals surface area (Å²) < 4.78 is 7.79. The van der Waals surface area contributed by atoms with Crippen molar-refractivity contribution in [3.05, 3.63) is 60.4 Å². The Morgan fingerprint density at radius 2 is 1.73 bits per heavy atom. The van der Waals surface area contributed by atoms with Crippen molar-refractivity contribution in [2.75, 3.05) is 6.61 Å². The van der Waals surface area contributed by atoms with Crippen LogP contribution in [-0.2, 0) is 12.1 Å². The van der Waals surface area contributed by atoms with Gasteiger partial charge < -0.3 is 14.4 Å². The molecule has 0 aliphatic rings. The topological polar surface area (TPSA) is 47.3 Å². The first-order chi connectivity index (χ1) is 10.6. The molecule has 1 heterocycles. The first kappa shape index (κ1) is 14.6. The summed E-state index contributed by atoms with van der Waals surface area (Å²) in [6.45, 7) is 4.66. The predicted molar refractivity (Wildman–Crippen MR) is 86.9 cm³/mol. The lowest BCUT2D eigenvalue weighted by atomic mass is 10.1. The molecule has 22 heavy (non-hydrogen) atoms. The predicted octanol–water partition coefficient (Wildman–Crippen LogP) is 3.34. The molecule has 0 fully saturated rings. The van der Waals surface area contributed by atoms with Gasteiger partial charge in [-0.25, -0.2) is 4.98 Å². The quantitative estimate of drug-likeness (QED) is 0.785. The molecule has 0 saturated carbocycles. The van der Waals surface area contributed by atoms with Crippen LogP contribution in [0.5, 0.6) is 5.75 Å². The van der Waals surface area contributed by atoms with E-state index in [2.05, 4.69) is 4.98 Å². The highest BCUT2D eigenvalue weighted by Gasteiger charge is 2.24. The van der Waals surface area contributed by atoms with Crippen LogP contribution in [0.15, 0.2) is 54.6 Å². The first-order valence-electron chi connectivity index (χ1n) is 7.42. The molecule has 1 N–H and O–H groups in total. The highest BCUT2D eigenvalue weighted by Crippen LogP contribution is 2.24. The molecule has 1 aromatic heterocycles. The van der Waals surface area contributed by atoms with E-state index in [-0.39, 0.29) is 0 Å². The van der Waals surface area contributed by atoms with Crippen LogP contribution in [0.3, 0.4) is 0 Å². The summed E-state index contributed by atoms with van der Waals surface area (Å²) in [6.07, 6.45) is 0. The Bertz CT molecular complexity index is 758. The van der Waals surface area contributed by atoms with E-state index in [1.807, 2.05) is 59.2 Å². The van der Waals surface area contributed by atoms with Gasteiger partial charge in [0.25, 0.3) is 0 Å². The molecule has 4 heteroatoms. The van der Waals surface area contributed by atoms with Gasteiger partial charge in [-0.05, 0) is 38.1 Å². The van der Waals surface area contributed by atoms with Crippen molar-refractivity contribution < 1.29 is 9.84 Å². The summed E-state index contributed by atoms with van der Waals surface area (Å²) in [5, 5.41) is 10.4. The maximum absolute atomic E-state index is 10.4. The largest absolute Gasteiger partial charge is 0.492 e. The van der Waals surface area contributed by atoms with Gasteiger partial charge in [0.05, 0.1) is 17.6 Å². The Balaban J connectivity index is 1.85. The lowest BCUT2D eigenvalue weighted by Crippen LogP contribution is -2.23. The molecule has 0 atom stereocenters. The van der Waals surface area contributed by atoms with Crippen LogP contribution in [0.2, 0.25) is 0 Å². The van der Waals surface area contributed by atoms with Crippen LogP contribution < -0.4 is 4.74 Å². The third-order valence-electron chi connectivity index (χ3n) is 3.53. The van der Waals surface area contributed by atoms with Gasteiger partial charge in [-0.1, -0.05) is 30.3 Å². The van der Waals surface area contributed by atoms with E-state index >= 15 is 0 Å². The van der Waals surface area contributed by atoms with Crippen molar-refractivity contribution in [1.82, 2.24) is 9.55 Å². The second-order valence-corrected chi connectivity index (χ2v) is 5.80. The normalized spacial score (nSPS) is 11.8. The Kier molecular flexibility index (Phi) is 3.86. The maximum atomic E-state index is 10.4. The van der Waals surface area contributed by atoms with Crippen LogP contribution >= 0.6 is 0 Å². The van der Waals surface area contributed by atoms with Gasteiger partial charge in [0.2, 0.25) is 0 Å². The monoisotopic (exact) mass is 296 g/mol. The third kappa shape index (κ3) is 2.97. The summed E-state index contributed by atoms with van der Waals surface area (Å²) >= 11 is 0. The summed E-state index contributed by atoms with van der Waals surface area (Å²) in [5.74, 6) is 1.50. The minimum absolute atomic E-state index is 0.521. The Morgan fingerprint density at radius 1 is 1.05 bits per heavy atom. The zero-order valence-corrected chi connectivity index (χ0v) is 12.9. The van der Waals surface area contributed by atoms with E-state index in [1.54, 1.807) is 13.8 Å². The second-order valence-electron chi connectivity index (χ2n) is 5.80. The minimum Gasteiger partial charge on any atom is -0.492 e. The van der Waals surface area contributed by atoms with Crippen molar-refractivity contribution in [2.24, 2.45) is 0 Å². The fourth-order valence-electron chi connectivity index (χ4n) is 2.54. The lowest BCUT2D eigenvalue weighted by molar-refractivity contribution is 0.0644. The molecule has 0 unspecified atom stereocenters. The van der Waals surface area contributed by atoms with Crippen molar-refractivity contribution in [1.29, 1.82) is 0 Å². The smallest absolute Gasteiger partial charge is 0.141 e. The number of hydrogen-bond donors (Lipinski definition) is 1. The van der Waals surface area contributed by atoms with Gasteiger partial charge in [0, 0.05) is 0 Å². The second kappa shape index (κ2) is 5.81. The highest BCUT2D eigenvalue weighted by atomic mass is 16.5. The number of fused-ring (bicyclic) bond motifs is 1. The van der Waals surface area contributed by atoms with Gasteiger partial charge in [-0.3, -0.25) is 0 Å². The highest BCUT2D eigenvalue weighted by molar-refractivity contribution is 5.76. The van der Waals surface area contributed by atoms with Crippen LogP contribution in [0.1, 0.15) is 19.7 Å². The number of aromatic nitrogens is 2. The third-order valence-corrected chi connectivity index (χ3v) is 3.53. The molecule has 3 rings (SSSR count). The molecular formula is C18H20N2O2. The van der Waals surface area contributed by atoms with Crippen LogP contribution in [0.4, 0.5) is 0 Å². The first-order valence-corrected chi connectivity index (χ1v) is 7.42. The average molecular weight is 296 g/mol. The van der Waals surface area contributed by atoms with Crippen LogP contribution in [-0.4, -0.2) is 21.3 Å². The number of ether oxygens (including phenoxy) is 1. The van der Waals surface area contributed by atoms with Gasteiger partial charge in [0.1, 0.15) is 23.8 Å². The summed E-state index contributed by atoms with van der Waals surface area (Å²) in [7, 11) is 0. The number of rotatable bonds is 5. The average Bonchev–Trinajstić information content (AvgIpc) is 2.88. The Labute approximate surface area is 130 Å². The van der Waals surface area contributed by atoms with Crippen LogP contribution in [0, 0.1) is 0 Å². The minimum atomic E-state index is -0.994. The molecule has 0 aliphatic heterocycles. The molecule has 3 aromatic rings. The number of hydrogen-bond acceptors (Lipinski definition) is 3. The van der Waals surface area contributed by atoms with Crippen molar-refractivity contribution in [3.63, 3.8) is 0 Å². The zero-order valence-electron chi connectivity index (χ0n) is 12.9. The van der Waals surface area contributed by atoms with E-state index in [9.17, 15) is 5.11 Å². The molecule has 0 radical (unpaired) electrons. The fraction of sp³-hybridized carbons (Fsp3) is 0.278. The van der Waals surface area contributed by atoms with E-state index in [4.69, 9.17) is 4.74 Å². The molecule has 0 aliphatic carbocycles. The molecule has 0 bridgehead atoms. The Hall–Kier alpha value is -2.33. The number of benzene rings is 2. The van der Waals surface area contributed by atoms with Gasteiger partial charge in [-0.2, -0.15) is 0 Å². The van der Waals surface area contributed by atoms with Gasteiger partial charge in [0.15, 0.2) is 0 Å². The molecular weight excluding hydrogens is 276 g/mol. The maximum Gasteiger partial charge on any atom is 0.141 e. The SMILES string of the molecule is CC(C)(O)c1nc2ccccc2n1CCOc1ccccc1. The fourth-order valence-corrected chi connectivity index (χ4v) is 2.54. The van der Waals surface area contributed by atoms with E-state index in [0.717, 1.165) is 16.8 Å². The molecule has 0 amide bonds. The summed E-state index contributed by atoms with van der Waals surface area (Å²) in [4.78, 5) is 4.57. The number of nitrogens with zero attached hydrogens (tertiary/aromatic N) is 2. The van der Waals surface area contributed by atoms with E-state index in [0.29, 0.717) is 19.0 Å². The van der Waals surface area contributed by atoms with E-state index < -0.39 is 5.60 Å². The zero-order chi connectivity index (χ0) is 15.6. The number of imidazole rings is 1. The molecule has 114 valence electrons. The lowest BCUT2D eigenvalue weighted by Gasteiger charge is -2.19. The van der Waals surface area contributed by atoms with Crippen molar-refractivity contribution >= 4 is 11.0 Å². The summed E-state index contributed by atoms with van der Waals surface area (Å²) in [5.41, 5.74) is 0.904. The molecule has 0 saturated heterocycles. The Morgan fingerprint density at radius 3 is 2.45 bits per heavy atom.